The lowest BCUT2D eigenvalue weighted by Crippen LogP contribution is -2.34. The van der Waals surface area contributed by atoms with Crippen molar-refractivity contribution in [2.24, 2.45) is 5.73 Å². The molecule has 0 saturated carbocycles. The zero-order valence-electron chi connectivity index (χ0n) is 11.7. The van der Waals surface area contributed by atoms with E-state index in [2.05, 4.69) is 4.98 Å². The summed E-state index contributed by atoms with van der Waals surface area (Å²) in [6, 6.07) is 5.93. The summed E-state index contributed by atoms with van der Waals surface area (Å²) in [5.74, 6) is 0. The molecule has 2 nitrogen and oxygen atoms in total. The minimum Gasteiger partial charge on any atom is -0.325 e. The molecular formula is C15H17F3N2. The van der Waals surface area contributed by atoms with Crippen LogP contribution in [0, 0.1) is 6.92 Å². The Bertz CT molecular complexity index is 640. The Kier molecular flexibility index (Phi) is 3.50. The van der Waals surface area contributed by atoms with Gasteiger partial charge in [-0.25, -0.2) is 0 Å². The van der Waals surface area contributed by atoms with E-state index in [-0.39, 0.29) is 5.52 Å². The molecule has 2 N–H and O–H groups in total. The maximum Gasteiger partial charge on any atom is 0.418 e. The Balaban J connectivity index is 2.68. The summed E-state index contributed by atoms with van der Waals surface area (Å²) < 4.78 is 39.2. The van der Waals surface area contributed by atoms with Gasteiger partial charge in [0.25, 0.3) is 0 Å². The number of hydrogen-bond donors (Lipinski definition) is 1. The van der Waals surface area contributed by atoms with Crippen LogP contribution in [-0.4, -0.2) is 10.5 Å². The van der Waals surface area contributed by atoms with Crippen LogP contribution >= 0.6 is 0 Å². The molecule has 5 heteroatoms. The summed E-state index contributed by atoms with van der Waals surface area (Å²) in [6.07, 6.45) is -3.98. The molecule has 108 valence electrons. The van der Waals surface area contributed by atoms with E-state index in [1.54, 1.807) is 19.1 Å². The molecule has 0 aliphatic carbocycles. The molecule has 20 heavy (non-hydrogen) atoms. The van der Waals surface area contributed by atoms with Crippen LogP contribution in [0.1, 0.15) is 30.7 Å². The summed E-state index contributed by atoms with van der Waals surface area (Å²) in [5.41, 5.74) is 6.07. The van der Waals surface area contributed by atoms with Gasteiger partial charge in [0.1, 0.15) is 0 Å². The molecule has 0 spiro atoms. The van der Waals surface area contributed by atoms with E-state index in [0.29, 0.717) is 17.5 Å². The van der Waals surface area contributed by atoms with E-state index in [9.17, 15) is 13.2 Å². The van der Waals surface area contributed by atoms with Gasteiger partial charge in [0.2, 0.25) is 0 Å². The molecule has 0 fully saturated rings. The van der Waals surface area contributed by atoms with Crippen LogP contribution in [0.4, 0.5) is 13.2 Å². The predicted molar refractivity (Wildman–Crippen MR) is 73.5 cm³/mol. The largest absolute Gasteiger partial charge is 0.418 e. The number of nitrogens with two attached hydrogens (primary N) is 1. The number of pyridine rings is 1. The summed E-state index contributed by atoms with van der Waals surface area (Å²) >= 11 is 0. The third-order valence-corrected chi connectivity index (χ3v) is 3.04. The highest BCUT2D eigenvalue weighted by molar-refractivity contribution is 5.85. The normalized spacial score (nSPS) is 12.9. The molecule has 0 aliphatic rings. The molecule has 1 aromatic heterocycles. The van der Waals surface area contributed by atoms with Gasteiger partial charge in [-0.3, -0.25) is 4.98 Å². The Labute approximate surface area is 115 Å². The number of rotatable bonds is 2. The van der Waals surface area contributed by atoms with E-state index in [0.717, 1.165) is 11.6 Å². The number of aromatic nitrogens is 1. The molecule has 2 rings (SSSR count). The summed E-state index contributed by atoms with van der Waals surface area (Å²) in [4.78, 5) is 4.19. The highest BCUT2D eigenvalue weighted by Crippen LogP contribution is 2.35. The fraction of sp³-hybridized carbons (Fsp3) is 0.400. The molecule has 1 heterocycles. The van der Waals surface area contributed by atoms with E-state index >= 15 is 0 Å². The zero-order chi connectivity index (χ0) is 15.1. The van der Waals surface area contributed by atoms with Crippen molar-refractivity contribution in [3.05, 3.63) is 41.1 Å². The van der Waals surface area contributed by atoms with Crippen LogP contribution in [0.25, 0.3) is 10.9 Å². The average molecular weight is 282 g/mol. The monoisotopic (exact) mass is 282 g/mol. The van der Waals surface area contributed by atoms with Crippen molar-refractivity contribution in [1.29, 1.82) is 0 Å². The van der Waals surface area contributed by atoms with E-state index in [4.69, 9.17) is 5.73 Å². The second-order valence-corrected chi connectivity index (χ2v) is 5.80. The Morgan fingerprint density at radius 2 is 1.85 bits per heavy atom. The topological polar surface area (TPSA) is 38.9 Å². The van der Waals surface area contributed by atoms with E-state index in [1.807, 2.05) is 13.8 Å². The summed E-state index contributed by atoms with van der Waals surface area (Å²) in [5, 5.41) is 0.526. The van der Waals surface area contributed by atoms with Gasteiger partial charge in [-0.15, -0.1) is 0 Å². The molecule has 0 saturated heterocycles. The van der Waals surface area contributed by atoms with Gasteiger partial charge >= 0.3 is 6.18 Å². The zero-order valence-corrected chi connectivity index (χ0v) is 11.7. The number of fused-ring (bicyclic) bond motifs is 1. The number of nitrogens with zero attached hydrogens (tertiary/aromatic N) is 1. The molecule has 0 unspecified atom stereocenters. The van der Waals surface area contributed by atoms with Crippen molar-refractivity contribution in [3.63, 3.8) is 0 Å². The van der Waals surface area contributed by atoms with Crippen LogP contribution < -0.4 is 5.73 Å². The maximum atomic E-state index is 13.1. The second kappa shape index (κ2) is 4.74. The molecule has 1 aromatic carbocycles. The fourth-order valence-corrected chi connectivity index (χ4v) is 2.27. The number of halogens is 3. The quantitative estimate of drug-likeness (QED) is 0.909. The number of benzene rings is 1. The first-order chi connectivity index (χ1) is 9.08. The van der Waals surface area contributed by atoms with Crippen LogP contribution in [0.15, 0.2) is 24.3 Å². The third-order valence-electron chi connectivity index (χ3n) is 3.04. The molecule has 0 radical (unpaired) electrons. The molecule has 0 bridgehead atoms. The molecule has 0 atom stereocenters. The van der Waals surface area contributed by atoms with Gasteiger partial charge in [-0.1, -0.05) is 12.1 Å². The third kappa shape index (κ3) is 3.10. The molecular weight excluding hydrogens is 265 g/mol. The Hall–Kier alpha value is -1.62. The summed E-state index contributed by atoms with van der Waals surface area (Å²) in [6.45, 7) is 5.44. The first-order valence-corrected chi connectivity index (χ1v) is 6.33. The number of aryl methyl sites for hydroxylation is 1. The standard InChI is InChI=1S/C15H17F3N2/c1-9-7-10(8-14(2,3)19)20-13-11(9)5-4-6-12(13)15(16,17)18/h4-7H,8,19H2,1-3H3. The lowest BCUT2D eigenvalue weighted by atomic mass is 9.97. The predicted octanol–water partition coefficient (Wildman–Crippen LogP) is 3.84. The molecule has 2 aromatic rings. The van der Waals surface area contributed by atoms with Crippen molar-refractivity contribution >= 4 is 10.9 Å². The average Bonchev–Trinajstić information content (AvgIpc) is 2.24. The van der Waals surface area contributed by atoms with Crippen LogP contribution in [-0.2, 0) is 12.6 Å². The fourth-order valence-electron chi connectivity index (χ4n) is 2.27. The number of alkyl halides is 3. The van der Waals surface area contributed by atoms with Gasteiger partial charge in [-0.2, -0.15) is 13.2 Å². The molecule has 0 aliphatic heterocycles. The number of para-hydroxylation sites is 1. The van der Waals surface area contributed by atoms with Gasteiger partial charge in [0, 0.05) is 23.0 Å². The van der Waals surface area contributed by atoms with E-state index < -0.39 is 17.3 Å². The van der Waals surface area contributed by atoms with Crippen LogP contribution in [0.2, 0.25) is 0 Å². The van der Waals surface area contributed by atoms with E-state index in [1.165, 1.54) is 6.07 Å². The van der Waals surface area contributed by atoms with Crippen molar-refractivity contribution in [3.8, 4) is 0 Å². The van der Waals surface area contributed by atoms with Gasteiger partial charge in [0.05, 0.1) is 11.1 Å². The minimum atomic E-state index is -4.41. The number of hydrogen-bond acceptors (Lipinski definition) is 2. The maximum absolute atomic E-state index is 13.1. The lowest BCUT2D eigenvalue weighted by molar-refractivity contribution is -0.136. The smallest absolute Gasteiger partial charge is 0.325 e. The first kappa shape index (κ1) is 14.8. The minimum absolute atomic E-state index is 0.000694. The van der Waals surface area contributed by atoms with Gasteiger partial charge in [0.15, 0.2) is 0 Å². The SMILES string of the molecule is Cc1cc(CC(C)(C)N)nc2c(C(F)(F)F)cccc12. The highest BCUT2D eigenvalue weighted by Gasteiger charge is 2.33. The van der Waals surface area contributed by atoms with Crippen molar-refractivity contribution in [2.75, 3.05) is 0 Å². The van der Waals surface area contributed by atoms with Crippen LogP contribution in [0.5, 0.6) is 0 Å². The molecule has 0 amide bonds. The Morgan fingerprint density at radius 1 is 1.20 bits per heavy atom. The highest BCUT2D eigenvalue weighted by atomic mass is 19.4. The lowest BCUT2D eigenvalue weighted by Gasteiger charge is -2.19. The Morgan fingerprint density at radius 3 is 2.40 bits per heavy atom. The van der Waals surface area contributed by atoms with Crippen LogP contribution in [0.3, 0.4) is 0 Å². The van der Waals surface area contributed by atoms with Gasteiger partial charge < -0.3 is 5.73 Å². The van der Waals surface area contributed by atoms with Crippen molar-refractivity contribution < 1.29 is 13.2 Å². The first-order valence-electron chi connectivity index (χ1n) is 6.33. The second-order valence-electron chi connectivity index (χ2n) is 5.80. The van der Waals surface area contributed by atoms with Crippen molar-refractivity contribution in [1.82, 2.24) is 4.98 Å². The van der Waals surface area contributed by atoms with Gasteiger partial charge in [-0.05, 0) is 38.5 Å². The van der Waals surface area contributed by atoms with Crippen molar-refractivity contribution in [2.45, 2.75) is 38.9 Å². The summed E-state index contributed by atoms with van der Waals surface area (Å²) in [7, 11) is 0.